The van der Waals surface area contributed by atoms with E-state index in [4.69, 9.17) is 0 Å². The first-order chi connectivity index (χ1) is 7.50. The second-order valence-corrected chi connectivity index (χ2v) is 4.64. The summed E-state index contributed by atoms with van der Waals surface area (Å²) in [7, 11) is 0. The van der Waals surface area contributed by atoms with E-state index in [0.717, 1.165) is 13.0 Å². The van der Waals surface area contributed by atoms with Crippen molar-refractivity contribution in [2.24, 2.45) is 0 Å². The Labute approximate surface area is 102 Å². The van der Waals surface area contributed by atoms with Gasteiger partial charge in [0.1, 0.15) is 4.47 Å². The highest BCUT2D eigenvalue weighted by atomic mass is 79.9. The van der Waals surface area contributed by atoms with Crippen LogP contribution in [-0.4, -0.2) is 27.3 Å². The lowest BCUT2D eigenvalue weighted by Crippen LogP contribution is -2.24. The fraction of sp³-hybridized carbons (Fsp3) is 0.667. The van der Waals surface area contributed by atoms with E-state index in [1.807, 2.05) is 0 Å². The molecule has 0 aliphatic rings. The summed E-state index contributed by atoms with van der Waals surface area (Å²) in [5.74, 6) is -0.128. The maximum Gasteiger partial charge on any atom is 0.404 e. The van der Waals surface area contributed by atoms with E-state index in [1.54, 1.807) is 10.9 Å². The van der Waals surface area contributed by atoms with Crippen LogP contribution in [0, 0.1) is 10.1 Å². The van der Waals surface area contributed by atoms with Gasteiger partial charge in [0.2, 0.25) is 0 Å². The van der Waals surface area contributed by atoms with Crippen LogP contribution in [0.1, 0.15) is 20.3 Å². The van der Waals surface area contributed by atoms with Gasteiger partial charge in [-0.1, -0.05) is 13.8 Å². The number of hydrogen-bond donors (Lipinski definition) is 1. The highest BCUT2D eigenvalue weighted by Crippen LogP contribution is 2.21. The van der Waals surface area contributed by atoms with Crippen molar-refractivity contribution in [2.75, 3.05) is 6.54 Å². The minimum Gasteiger partial charge on any atom is -0.358 e. The molecule has 0 saturated carbocycles. The molecule has 1 N–H and O–H groups in total. The number of nitrogens with zero attached hydrogens (tertiary/aromatic N) is 3. The third-order valence-corrected chi connectivity index (χ3v) is 2.55. The summed E-state index contributed by atoms with van der Waals surface area (Å²) in [5, 5.41) is 17.7. The van der Waals surface area contributed by atoms with Gasteiger partial charge in [-0.2, -0.15) is 4.68 Å². The number of halogens is 1. The molecule has 0 radical (unpaired) electrons. The smallest absolute Gasteiger partial charge is 0.358 e. The third kappa shape index (κ3) is 3.90. The van der Waals surface area contributed by atoms with Gasteiger partial charge >= 0.3 is 5.82 Å². The minimum absolute atomic E-state index is 0.128. The molecular weight excluding hydrogens is 276 g/mol. The molecule has 1 aromatic rings. The average Bonchev–Trinajstić information content (AvgIpc) is 2.54. The average molecular weight is 291 g/mol. The summed E-state index contributed by atoms with van der Waals surface area (Å²) >= 11 is 3.11. The molecule has 0 amide bonds. The van der Waals surface area contributed by atoms with Gasteiger partial charge in [-0.3, -0.25) is 0 Å². The van der Waals surface area contributed by atoms with E-state index in [9.17, 15) is 10.1 Å². The fourth-order valence-electron chi connectivity index (χ4n) is 1.26. The standard InChI is InChI=1S/C9H15BrN4O2/c1-7(2)11-4-3-5-13-6-8(10)9(12-13)14(15)16/h6-7,11H,3-5H2,1-2H3. The van der Waals surface area contributed by atoms with E-state index in [-0.39, 0.29) is 5.82 Å². The van der Waals surface area contributed by atoms with Crippen molar-refractivity contribution in [3.05, 3.63) is 20.8 Å². The second kappa shape index (κ2) is 5.95. The number of rotatable bonds is 6. The third-order valence-electron chi connectivity index (χ3n) is 1.99. The van der Waals surface area contributed by atoms with Gasteiger partial charge < -0.3 is 15.4 Å². The number of aryl methyl sites for hydroxylation is 1. The lowest BCUT2D eigenvalue weighted by Gasteiger charge is -2.06. The molecule has 0 aromatic carbocycles. The Hall–Kier alpha value is -0.950. The first-order valence-electron chi connectivity index (χ1n) is 5.11. The van der Waals surface area contributed by atoms with Crippen molar-refractivity contribution >= 4 is 21.7 Å². The van der Waals surface area contributed by atoms with Gasteiger partial charge in [0.25, 0.3) is 0 Å². The topological polar surface area (TPSA) is 73.0 Å². The molecule has 0 saturated heterocycles. The monoisotopic (exact) mass is 290 g/mol. The Morgan fingerprint density at radius 3 is 2.88 bits per heavy atom. The van der Waals surface area contributed by atoms with Gasteiger partial charge in [0.15, 0.2) is 0 Å². The van der Waals surface area contributed by atoms with Crippen LogP contribution in [0.3, 0.4) is 0 Å². The molecule has 0 aliphatic carbocycles. The summed E-state index contributed by atoms with van der Waals surface area (Å²) in [4.78, 5) is 10.0. The molecule has 0 aliphatic heterocycles. The predicted molar refractivity (Wildman–Crippen MR) is 64.3 cm³/mol. The lowest BCUT2D eigenvalue weighted by molar-refractivity contribution is -0.390. The maximum absolute atomic E-state index is 10.5. The van der Waals surface area contributed by atoms with Crippen molar-refractivity contribution in [1.82, 2.24) is 15.1 Å². The fourth-order valence-corrected chi connectivity index (χ4v) is 1.72. The van der Waals surface area contributed by atoms with Crippen LogP contribution in [0.5, 0.6) is 0 Å². The second-order valence-electron chi connectivity index (χ2n) is 3.78. The zero-order valence-corrected chi connectivity index (χ0v) is 10.9. The van der Waals surface area contributed by atoms with Crippen molar-refractivity contribution in [2.45, 2.75) is 32.9 Å². The van der Waals surface area contributed by atoms with Crippen LogP contribution in [0.4, 0.5) is 5.82 Å². The summed E-state index contributed by atoms with van der Waals surface area (Å²) in [6.45, 7) is 5.71. The molecule has 16 heavy (non-hydrogen) atoms. The minimum atomic E-state index is -0.493. The number of nitro groups is 1. The number of aromatic nitrogens is 2. The Bertz CT molecular complexity index is 364. The van der Waals surface area contributed by atoms with Gasteiger partial charge in [-0.15, -0.1) is 0 Å². The SMILES string of the molecule is CC(C)NCCCn1cc(Br)c([N+](=O)[O-])n1. The lowest BCUT2D eigenvalue weighted by atomic mass is 10.3. The molecule has 0 unspecified atom stereocenters. The number of nitrogens with one attached hydrogen (secondary N) is 1. The quantitative estimate of drug-likeness (QED) is 0.494. The molecule has 1 heterocycles. The largest absolute Gasteiger partial charge is 0.404 e. The zero-order chi connectivity index (χ0) is 12.1. The maximum atomic E-state index is 10.5. The van der Waals surface area contributed by atoms with Crippen LogP contribution in [-0.2, 0) is 6.54 Å². The highest BCUT2D eigenvalue weighted by molar-refractivity contribution is 9.10. The summed E-state index contributed by atoms with van der Waals surface area (Å²) in [6, 6.07) is 0.457. The zero-order valence-electron chi connectivity index (χ0n) is 9.31. The molecule has 0 atom stereocenters. The van der Waals surface area contributed by atoms with E-state index in [0.29, 0.717) is 17.1 Å². The predicted octanol–water partition coefficient (Wildman–Crippen LogP) is 1.94. The first-order valence-corrected chi connectivity index (χ1v) is 5.90. The molecule has 90 valence electrons. The van der Waals surface area contributed by atoms with E-state index in [1.165, 1.54) is 0 Å². The Balaban J connectivity index is 2.43. The summed E-state index contributed by atoms with van der Waals surface area (Å²) in [6.07, 6.45) is 2.52. The molecular formula is C9H15BrN4O2. The molecule has 1 rings (SSSR count). The van der Waals surface area contributed by atoms with Crippen molar-refractivity contribution < 1.29 is 4.92 Å². The normalized spacial score (nSPS) is 11.0. The highest BCUT2D eigenvalue weighted by Gasteiger charge is 2.17. The summed E-state index contributed by atoms with van der Waals surface area (Å²) in [5.41, 5.74) is 0. The summed E-state index contributed by atoms with van der Waals surface area (Å²) < 4.78 is 2.01. The van der Waals surface area contributed by atoms with Crippen LogP contribution in [0.2, 0.25) is 0 Å². The van der Waals surface area contributed by atoms with Crippen LogP contribution < -0.4 is 5.32 Å². The van der Waals surface area contributed by atoms with Crippen LogP contribution in [0.25, 0.3) is 0 Å². The Morgan fingerprint density at radius 2 is 2.38 bits per heavy atom. The van der Waals surface area contributed by atoms with Gasteiger partial charge in [0, 0.05) is 6.04 Å². The van der Waals surface area contributed by atoms with Crippen molar-refractivity contribution in [1.29, 1.82) is 0 Å². The van der Waals surface area contributed by atoms with Gasteiger partial charge in [-0.25, -0.2) is 0 Å². The molecule has 7 heteroatoms. The first kappa shape index (κ1) is 13.1. The molecule has 0 fully saturated rings. The van der Waals surface area contributed by atoms with Crippen LogP contribution in [0.15, 0.2) is 10.7 Å². The molecule has 0 bridgehead atoms. The number of hydrogen-bond acceptors (Lipinski definition) is 4. The van der Waals surface area contributed by atoms with Gasteiger partial charge in [0.05, 0.1) is 17.8 Å². The Kier molecular flexibility index (Phi) is 4.88. The van der Waals surface area contributed by atoms with E-state index in [2.05, 4.69) is 40.2 Å². The Morgan fingerprint density at radius 1 is 1.69 bits per heavy atom. The molecule has 6 nitrogen and oxygen atoms in total. The van der Waals surface area contributed by atoms with E-state index >= 15 is 0 Å². The van der Waals surface area contributed by atoms with Crippen molar-refractivity contribution in [3.8, 4) is 0 Å². The molecule has 0 spiro atoms. The van der Waals surface area contributed by atoms with E-state index < -0.39 is 4.92 Å². The van der Waals surface area contributed by atoms with Gasteiger partial charge in [-0.05, 0) is 33.8 Å². The molecule has 1 aromatic heterocycles. The van der Waals surface area contributed by atoms with Crippen LogP contribution >= 0.6 is 15.9 Å². The van der Waals surface area contributed by atoms with Crippen molar-refractivity contribution in [3.63, 3.8) is 0 Å².